The van der Waals surface area contributed by atoms with Crippen LogP contribution >= 0.6 is 11.8 Å². The number of hydrogen-bond acceptors (Lipinski definition) is 6. The average molecular weight is 507 g/mol. The Morgan fingerprint density at radius 1 is 1.03 bits per heavy atom. The van der Waals surface area contributed by atoms with Gasteiger partial charge in [-0.1, -0.05) is 59.8 Å². The summed E-state index contributed by atoms with van der Waals surface area (Å²) in [6, 6.07) is 18.7. The number of benzene rings is 2. The maximum Gasteiger partial charge on any atom is 0.309 e. The Kier molecular flexibility index (Phi) is 9.17. The van der Waals surface area contributed by atoms with Crippen molar-refractivity contribution in [2.24, 2.45) is 5.92 Å². The van der Waals surface area contributed by atoms with E-state index in [1.807, 2.05) is 30.0 Å². The molecule has 0 unspecified atom stereocenters. The summed E-state index contributed by atoms with van der Waals surface area (Å²) in [5.74, 6) is 1.62. The van der Waals surface area contributed by atoms with Gasteiger partial charge in [0.2, 0.25) is 5.91 Å². The Balaban J connectivity index is 1.33. The van der Waals surface area contributed by atoms with Crippen molar-refractivity contribution in [2.45, 2.75) is 51.1 Å². The van der Waals surface area contributed by atoms with Crippen molar-refractivity contribution in [1.29, 1.82) is 0 Å². The van der Waals surface area contributed by atoms with E-state index in [0.29, 0.717) is 45.4 Å². The van der Waals surface area contributed by atoms with Crippen molar-refractivity contribution in [3.63, 3.8) is 0 Å². The molecule has 1 fully saturated rings. The predicted molar refractivity (Wildman–Crippen MR) is 141 cm³/mol. The van der Waals surface area contributed by atoms with Gasteiger partial charge in [0.25, 0.3) is 0 Å². The van der Waals surface area contributed by atoms with Gasteiger partial charge in [0, 0.05) is 37.4 Å². The molecule has 0 aliphatic carbocycles. The van der Waals surface area contributed by atoms with Gasteiger partial charge in [0.15, 0.2) is 5.16 Å². The van der Waals surface area contributed by atoms with Gasteiger partial charge in [-0.25, -0.2) is 0 Å². The second-order valence-corrected chi connectivity index (χ2v) is 10.2. The quantitative estimate of drug-likeness (QED) is 0.222. The highest BCUT2D eigenvalue weighted by molar-refractivity contribution is 7.99. The normalized spacial score (nSPS) is 14.1. The third kappa shape index (κ3) is 6.75. The molecule has 0 atom stereocenters. The van der Waals surface area contributed by atoms with Gasteiger partial charge in [0.05, 0.1) is 12.5 Å². The Bertz CT molecular complexity index is 1140. The lowest BCUT2D eigenvalue weighted by Gasteiger charge is -2.31. The number of hydrogen-bond donors (Lipinski definition) is 0. The lowest BCUT2D eigenvalue weighted by Crippen LogP contribution is -2.40. The number of nitrogens with zero attached hydrogens (tertiary/aromatic N) is 4. The Labute approximate surface area is 217 Å². The van der Waals surface area contributed by atoms with Crippen LogP contribution in [-0.2, 0) is 20.7 Å². The molecule has 0 radical (unpaired) electrons. The lowest BCUT2D eigenvalue weighted by molar-refractivity contribution is -0.151. The minimum absolute atomic E-state index is 0.0808. The summed E-state index contributed by atoms with van der Waals surface area (Å²) in [5, 5.41) is 9.85. The van der Waals surface area contributed by atoms with Crippen LogP contribution in [-0.4, -0.2) is 57.0 Å². The first-order chi connectivity index (χ1) is 17.5. The van der Waals surface area contributed by atoms with Crippen molar-refractivity contribution in [2.75, 3.05) is 25.4 Å². The van der Waals surface area contributed by atoms with Crippen LogP contribution in [0.4, 0.5) is 0 Å². The second kappa shape index (κ2) is 12.7. The number of ether oxygens (including phenoxy) is 1. The number of aromatic nitrogens is 3. The van der Waals surface area contributed by atoms with Crippen LogP contribution < -0.4 is 0 Å². The van der Waals surface area contributed by atoms with Crippen LogP contribution in [0, 0.1) is 12.8 Å². The zero-order valence-corrected chi connectivity index (χ0v) is 21.9. The molecule has 0 bridgehead atoms. The molecule has 1 aliphatic heterocycles. The Hall–Kier alpha value is -3.13. The summed E-state index contributed by atoms with van der Waals surface area (Å²) in [5.41, 5.74) is 3.43. The second-order valence-electron chi connectivity index (χ2n) is 9.09. The zero-order valence-electron chi connectivity index (χ0n) is 21.1. The van der Waals surface area contributed by atoms with E-state index >= 15 is 0 Å². The van der Waals surface area contributed by atoms with Crippen molar-refractivity contribution >= 4 is 23.6 Å². The molecule has 1 amide bonds. The van der Waals surface area contributed by atoms with E-state index in [1.165, 1.54) is 11.1 Å². The minimum atomic E-state index is -0.134. The van der Waals surface area contributed by atoms with Crippen molar-refractivity contribution in [3.8, 4) is 5.69 Å². The standard InChI is InChI=1S/C28H34N4O3S/c1-3-35-27(34)23-15-17-31(18-16-23)26(33)10-7-19-36-28-30-29-25(20-22-8-5-4-6-9-22)32(28)24-13-11-21(2)12-14-24/h4-6,8-9,11-14,23H,3,7,10,15-20H2,1-2H3. The van der Waals surface area contributed by atoms with Gasteiger partial charge >= 0.3 is 5.97 Å². The highest BCUT2D eigenvalue weighted by Gasteiger charge is 2.28. The molecule has 0 spiro atoms. The highest BCUT2D eigenvalue weighted by atomic mass is 32.2. The molecule has 190 valence electrons. The maximum atomic E-state index is 12.7. The summed E-state index contributed by atoms with van der Waals surface area (Å²) < 4.78 is 7.25. The number of rotatable bonds is 10. The molecule has 4 rings (SSSR count). The first-order valence-electron chi connectivity index (χ1n) is 12.7. The summed E-state index contributed by atoms with van der Waals surface area (Å²) >= 11 is 1.63. The summed E-state index contributed by atoms with van der Waals surface area (Å²) in [6.07, 6.45) is 3.32. The van der Waals surface area contributed by atoms with E-state index in [9.17, 15) is 9.59 Å². The van der Waals surface area contributed by atoms with Crippen molar-refractivity contribution in [1.82, 2.24) is 19.7 Å². The number of amides is 1. The van der Waals surface area contributed by atoms with E-state index in [4.69, 9.17) is 4.74 Å². The van der Waals surface area contributed by atoms with Crippen LogP contribution in [0.5, 0.6) is 0 Å². The number of piperidine rings is 1. The van der Waals surface area contributed by atoms with E-state index in [2.05, 4.69) is 58.1 Å². The number of thioether (sulfide) groups is 1. The van der Waals surface area contributed by atoms with Crippen molar-refractivity contribution < 1.29 is 14.3 Å². The molecule has 36 heavy (non-hydrogen) atoms. The first-order valence-corrected chi connectivity index (χ1v) is 13.7. The Morgan fingerprint density at radius 3 is 2.44 bits per heavy atom. The third-order valence-electron chi connectivity index (χ3n) is 6.43. The molecule has 1 saturated heterocycles. The molecule has 3 aromatic rings. The largest absolute Gasteiger partial charge is 0.466 e. The van der Waals surface area contributed by atoms with Crippen molar-refractivity contribution in [3.05, 3.63) is 71.5 Å². The minimum Gasteiger partial charge on any atom is -0.466 e. The Morgan fingerprint density at radius 2 is 1.75 bits per heavy atom. The van der Waals surface area contributed by atoms with Crippen LogP contribution in [0.2, 0.25) is 0 Å². The van der Waals surface area contributed by atoms with Crippen LogP contribution in [0.1, 0.15) is 49.6 Å². The number of carbonyl (C=O) groups is 2. The van der Waals surface area contributed by atoms with Gasteiger partial charge in [-0.15, -0.1) is 10.2 Å². The monoisotopic (exact) mass is 506 g/mol. The molecular weight excluding hydrogens is 472 g/mol. The average Bonchev–Trinajstić information content (AvgIpc) is 3.30. The fraction of sp³-hybridized carbons (Fsp3) is 0.429. The molecule has 8 heteroatoms. The molecule has 2 heterocycles. The lowest BCUT2D eigenvalue weighted by atomic mass is 9.97. The third-order valence-corrected chi connectivity index (χ3v) is 7.45. The number of esters is 1. The molecule has 0 saturated carbocycles. The number of carbonyl (C=O) groups excluding carboxylic acids is 2. The SMILES string of the molecule is CCOC(=O)C1CCN(C(=O)CCCSc2nnc(Cc3ccccc3)n2-c2ccc(C)cc2)CC1. The summed E-state index contributed by atoms with van der Waals surface area (Å²) in [7, 11) is 0. The maximum absolute atomic E-state index is 12.7. The molecular formula is C28H34N4O3S. The van der Waals surface area contributed by atoms with E-state index in [-0.39, 0.29) is 17.8 Å². The van der Waals surface area contributed by atoms with Gasteiger partial charge < -0.3 is 9.64 Å². The molecule has 2 aromatic carbocycles. The molecule has 0 N–H and O–H groups in total. The van der Waals surface area contributed by atoms with Gasteiger partial charge in [-0.05, 0) is 50.8 Å². The fourth-order valence-corrected chi connectivity index (χ4v) is 5.32. The zero-order chi connectivity index (χ0) is 25.3. The van der Waals surface area contributed by atoms with E-state index < -0.39 is 0 Å². The van der Waals surface area contributed by atoms with E-state index in [1.54, 1.807) is 11.8 Å². The van der Waals surface area contributed by atoms with Crippen LogP contribution in [0.25, 0.3) is 5.69 Å². The topological polar surface area (TPSA) is 77.3 Å². The summed E-state index contributed by atoms with van der Waals surface area (Å²) in [4.78, 5) is 26.5. The van der Waals surface area contributed by atoms with Gasteiger partial charge in [-0.3, -0.25) is 14.2 Å². The van der Waals surface area contributed by atoms with Crippen LogP contribution in [0.3, 0.4) is 0 Å². The highest BCUT2D eigenvalue weighted by Crippen LogP contribution is 2.25. The molecule has 7 nitrogen and oxygen atoms in total. The molecule has 1 aromatic heterocycles. The fourth-order valence-electron chi connectivity index (χ4n) is 4.41. The van der Waals surface area contributed by atoms with Gasteiger partial charge in [0.1, 0.15) is 5.82 Å². The molecule has 1 aliphatic rings. The predicted octanol–water partition coefficient (Wildman–Crippen LogP) is 4.84. The smallest absolute Gasteiger partial charge is 0.309 e. The number of aryl methyl sites for hydroxylation is 1. The summed E-state index contributed by atoms with van der Waals surface area (Å²) in [6.45, 7) is 5.55. The number of likely N-dealkylation sites (tertiary alicyclic amines) is 1. The van der Waals surface area contributed by atoms with Gasteiger partial charge in [-0.2, -0.15) is 0 Å². The van der Waals surface area contributed by atoms with E-state index in [0.717, 1.165) is 28.8 Å². The first kappa shape index (κ1) is 25.9. The van der Waals surface area contributed by atoms with Crippen LogP contribution in [0.15, 0.2) is 59.8 Å².